The summed E-state index contributed by atoms with van der Waals surface area (Å²) in [5, 5.41) is 2.80. The topological polar surface area (TPSA) is 86.5 Å². The smallest absolute Gasteiger partial charge is 0.244 e. The van der Waals surface area contributed by atoms with Crippen LogP contribution in [0.15, 0.2) is 59.5 Å². The van der Waals surface area contributed by atoms with Gasteiger partial charge in [0.1, 0.15) is 5.69 Å². The van der Waals surface area contributed by atoms with Crippen LogP contribution >= 0.6 is 0 Å². The van der Waals surface area contributed by atoms with Crippen molar-refractivity contribution in [2.45, 2.75) is 6.54 Å². The number of furan rings is 1. The fourth-order valence-electron chi connectivity index (χ4n) is 2.53. The van der Waals surface area contributed by atoms with Gasteiger partial charge in [0, 0.05) is 18.5 Å². The maximum atomic E-state index is 12.1. The molecular weight excluding hydrogens is 334 g/mol. The van der Waals surface area contributed by atoms with Crippen molar-refractivity contribution in [1.29, 1.82) is 0 Å². The van der Waals surface area contributed by atoms with E-state index in [1.165, 1.54) is 6.08 Å². The zero-order valence-corrected chi connectivity index (χ0v) is 13.7. The van der Waals surface area contributed by atoms with Crippen LogP contribution in [-0.2, 0) is 11.3 Å². The Labute approximate surface area is 149 Å². The molecule has 1 amide bonds. The summed E-state index contributed by atoms with van der Waals surface area (Å²) in [5.74, 6) is 1.76. The summed E-state index contributed by atoms with van der Waals surface area (Å²) in [6.45, 7) is 0.466. The van der Waals surface area contributed by atoms with Crippen molar-refractivity contribution in [3.05, 3.63) is 66.3 Å². The number of hydrogen-bond acceptors (Lipinski definition) is 6. The molecule has 0 aliphatic carbocycles. The van der Waals surface area contributed by atoms with Crippen molar-refractivity contribution < 1.29 is 18.7 Å². The normalized spacial score (nSPS) is 12.5. The van der Waals surface area contributed by atoms with Crippen molar-refractivity contribution in [2.24, 2.45) is 0 Å². The number of ether oxygens (including phenoxy) is 2. The summed E-state index contributed by atoms with van der Waals surface area (Å²) in [4.78, 5) is 20.6. The number of aromatic nitrogens is 2. The monoisotopic (exact) mass is 349 g/mol. The zero-order chi connectivity index (χ0) is 17.8. The lowest BCUT2D eigenvalue weighted by molar-refractivity contribution is -0.116. The Morgan fingerprint density at radius 3 is 2.92 bits per heavy atom. The number of fused-ring (bicyclic) bond motifs is 1. The van der Waals surface area contributed by atoms with Crippen LogP contribution in [-0.4, -0.2) is 22.7 Å². The van der Waals surface area contributed by atoms with Crippen LogP contribution in [0.3, 0.4) is 0 Å². The van der Waals surface area contributed by atoms with E-state index in [0.29, 0.717) is 28.6 Å². The van der Waals surface area contributed by atoms with Crippen LogP contribution in [0.1, 0.15) is 11.3 Å². The van der Waals surface area contributed by atoms with E-state index >= 15 is 0 Å². The van der Waals surface area contributed by atoms with Crippen LogP contribution in [0.2, 0.25) is 0 Å². The lowest BCUT2D eigenvalue weighted by Crippen LogP contribution is -2.21. The van der Waals surface area contributed by atoms with Gasteiger partial charge in [-0.05, 0) is 35.9 Å². The molecule has 3 aromatic rings. The highest BCUT2D eigenvalue weighted by atomic mass is 16.7. The average Bonchev–Trinajstić information content (AvgIpc) is 3.36. The highest BCUT2D eigenvalue weighted by Crippen LogP contribution is 2.32. The number of nitrogens with zero attached hydrogens (tertiary/aromatic N) is 2. The van der Waals surface area contributed by atoms with E-state index in [1.807, 2.05) is 18.2 Å². The van der Waals surface area contributed by atoms with E-state index in [-0.39, 0.29) is 19.2 Å². The molecule has 26 heavy (non-hydrogen) atoms. The first-order valence-corrected chi connectivity index (χ1v) is 7.99. The van der Waals surface area contributed by atoms with Crippen LogP contribution in [0.4, 0.5) is 0 Å². The number of rotatable bonds is 5. The Morgan fingerprint density at radius 2 is 2.04 bits per heavy atom. The molecular formula is C19H15N3O4. The second-order valence-corrected chi connectivity index (χ2v) is 5.49. The molecule has 0 atom stereocenters. The predicted octanol–water partition coefficient (Wildman–Crippen LogP) is 2.79. The summed E-state index contributed by atoms with van der Waals surface area (Å²) < 4.78 is 15.9. The van der Waals surface area contributed by atoms with Gasteiger partial charge < -0.3 is 19.2 Å². The number of hydrogen-bond donors (Lipinski definition) is 1. The molecule has 0 spiro atoms. The van der Waals surface area contributed by atoms with Crippen LogP contribution in [0.5, 0.6) is 11.5 Å². The largest absolute Gasteiger partial charge is 0.463 e. The average molecular weight is 349 g/mol. The fourth-order valence-corrected chi connectivity index (χ4v) is 2.53. The molecule has 0 saturated carbocycles. The number of carbonyl (C=O) groups is 1. The number of carbonyl (C=O) groups excluding carboxylic acids is 1. The third kappa shape index (κ3) is 3.41. The fraction of sp³-hybridized carbons (Fsp3) is 0.105. The molecule has 1 aromatic carbocycles. The summed E-state index contributed by atoms with van der Waals surface area (Å²) in [5.41, 5.74) is 2.09. The highest BCUT2D eigenvalue weighted by Gasteiger charge is 2.13. The second kappa shape index (κ2) is 7.10. The van der Waals surface area contributed by atoms with Crippen LogP contribution in [0, 0.1) is 0 Å². The minimum absolute atomic E-state index is 0.221. The molecule has 1 aliphatic heterocycles. The summed E-state index contributed by atoms with van der Waals surface area (Å²) in [7, 11) is 0. The predicted molar refractivity (Wildman–Crippen MR) is 93.2 cm³/mol. The molecule has 2 aromatic heterocycles. The van der Waals surface area contributed by atoms with Crippen molar-refractivity contribution in [3.8, 4) is 23.0 Å². The summed E-state index contributed by atoms with van der Waals surface area (Å²) in [6.07, 6.45) is 7.90. The van der Waals surface area contributed by atoms with Gasteiger partial charge >= 0.3 is 0 Å². The van der Waals surface area contributed by atoms with Gasteiger partial charge in [0.25, 0.3) is 0 Å². The van der Waals surface area contributed by atoms with Gasteiger partial charge in [-0.2, -0.15) is 0 Å². The molecule has 1 aliphatic rings. The number of amides is 1. The Hall–Kier alpha value is -3.61. The van der Waals surface area contributed by atoms with Crippen molar-refractivity contribution in [3.63, 3.8) is 0 Å². The third-order valence-corrected chi connectivity index (χ3v) is 3.78. The van der Waals surface area contributed by atoms with E-state index < -0.39 is 0 Å². The Balaban J connectivity index is 1.40. The molecule has 0 fully saturated rings. The lowest BCUT2D eigenvalue weighted by Gasteiger charge is -2.05. The third-order valence-electron chi connectivity index (χ3n) is 3.78. The maximum Gasteiger partial charge on any atom is 0.244 e. The second-order valence-electron chi connectivity index (χ2n) is 5.49. The van der Waals surface area contributed by atoms with E-state index in [2.05, 4.69) is 15.3 Å². The van der Waals surface area contributed by atoms with Crippen LogP contribution in [0.25, 0.3) is 17.5 Å². The van der Waals surface area contributed by atoms with Gasteiger partial charge in [0.05, 0.1) is 18.5 Å². The Bertz CT molecular complexity index is 951. The van der Waals surface area contributed by atoms with Gasteiger partial charge in [-0.25, -0.2) is 4.98 Å². The standard InChI is InChI=1S/C19H15N3O4/c23-18(6-4-13-3-5-15-17(10-13)26-12-25-15)22-11-14-19(21-8-7-20-14)16-2-1-9-24-16/h1-10H,11-12H2,(H,22,23)/b6-4+. The van der Waals surface area contributed by atoms with Crippen LogP contribution < -0.4 is 14.8 Å². The quantitative estimate of drug-likeness (QED) is 0.713. The Kier molecular flexibility index (Phi) is 4.34. The molecule has 7 nitrogen and oxygen atoms in total. The van der Waals surface area contributed by atoms with Gasteiger partial charge in [-0.15, -0.1) is 0 Å². The molecule has 0 bridgehead atoms. The SMILES string of the molecule is O=C(/C=C/c1ccc2c(c1)OCO2)NCc1nccnc1-c1ccco1. The van der Waals surface area contributed by atoms with Crippen molar-refractivity contribution >= 4 is 12.0 Å². The summed E-state index contributed by atoms with van der Waals surface area (Å²) in [6, 6.07) is 9.07. The maximum absolute atomic E-state index is 12.1. The first-order valence-electron chi connectivity index (χ1n) is 7.99. The van der Waals surface area contributed by atoms with Gasteiger partial charge in [-0.3, -0.25) is 9.78 Å². The molecule has 0 radical (unpaired) electrons. The first kappa shape index (κ1) is 15.9. The number of benzene rings is 1. The van der Waals surface area contributed by atoms with Gasteiger partial charge in [-0.1, -0.05) is 6.07 Å². The van der Waals surface area contributed by atoms with E-state index in [0.717, 1.165) is 5.56 Å². The minimum Gasteiger partial charge on any atom is -0.463 e. The molecule has 4 rings (SSSR count). The zero-order valence-electron chi connectivity index (χ0n) is 13.7. The molecule has 0 saturated heterocycles. The van der Waals surface area contributed by atoms with Crippen molar-refractivity contribution in [1.82, 2.24) is 15.3 Å². The molecule has 3 heterocycles. The van der Waals surface area contributed by atoms with E-state index in [1.54, 1.807) is 36.9 Å². The lowest BCUT2D eigenvalue weighted by atomic mass is 10.2. The van der Waals surface area contributed by atoms with E-state index in [9.17, 15) is 4.79 Å². The van der Waals surface area contributed by atoms with Gasteiger partial charge in [0.2, 0.25) is 12.7 Å². The molecule has 130 valence electrons. The molecule has 7 heteroatoms. The number of nitrogens with one attached hydrogen (secondary N) is 1. The van der Waals surface area contributed by atoms with Gasteiger partial charge in [0.15, 0.2) is 17.3 Å². The van der Waals surface area contributed by atoms with Crippen molar-refractivity contribution in [2.75, 3.05) is 6.79 Å². The van der Waals surface area contributed by atoms with E-state index in [4.69, 9.17) is 13.9 Å². The highest BCUT2D eigenvalue weighted by molar-refractivity contribution is 5.91. The minimum atomic E-state index is -0.237. The Morgan fingerprint density at radius 1 is 1.15 bits per heavy atom. The molecule has 1 N–H and O–H groups in total. The summed E-state index contributed by atoms with van der Waals surface area (Å²) >= 11 is 0. The first-order chi connectivity index (χ1) is 12.8. The molecule has 0 unspecified atom stereocenters.